The lowest BCUT2D eigenvalue weighted by Crippen LogP contribution is -2.56. The minimum absolute atomic E-state index is 0. The quantitative estimate of drug-likeness (QED) is 0.795. The molecule has 2 atom stereocenters. The number of nitrogens with two attached hydrogens (primary N) is 1. The lowest BCUT2D eigenvalue weighted by molar-refractivity contribution is -0.138. The maximum atomic E-state index is 12.5. The number of fused-ring (bicyclic) bond motifs is 1. The van der Waals surface area contributed by atoms with Crippen LogP contribution in [0.15, 0.2) is 0 Å². The monoisotopic (exact) mass is 272 g/mol. The van der Waals surface area contributed by atoms with E-state index in [9.17, 15) is 4.79 Å². The molecule has 1 aliphatic heterocycles. The van der Waals surface area contributed by atoms with Gasteiger partial charge in [-0.15, -0.1) is 12.4 Å². The van der Waals surface area contributed by atoms with E-state index in [1.807, 2.05) is 4.90 Å². The number of nitrogens with zero attached hydrogens (tertiary/aromatic N) is 1. The Balaban J connectivity index is 0.00000120. The second kappa shape index (κ2) is 4.38. The zero-order valence-electron chi connectivity index (χ0n) is 11.4. The number of carbonyl (C=O) groups excluding carboxylic acids is 1. The van der Waals surface area contributed by atoms with Crippen LogP contribution in [0.4, 0.5) is 0 Å². The molecule has 2 saturated carbocycles. The minimum Gasteiger partial charge on any atom is -0.340 e. The second-order valence-corrected chi connectivity index (χ2v) is 6.96. The van der Waals surface area contributed by atoms with E-state index in [0.717, 1.165) is 50.6 Å². The summed E-state index contributed by atoms with van der Waals surface area (Å²) < 4.78 is 0. The second-order valence-electron chi connectivity index (χ2n) is 6.96. The highest BCUT2D eigenvalue weighted by Gasteiger charge is 2.63. The van der Waals surface area contributed by atoms with Crippen LogP contribution >= 0.6 is 12.4 Å². The predicted octanol–water partition coefficient (Wildman–Crippen LogP) is 2.18. The van der Waals surface area contributed by atoms with Crippen molar-refractivity contribution in [2.24, 2.45) is 23.0 Å². The summed E-state index contributed by atoms with van der Waals surface area (Å²) in [7, 11) is 0. The van der Waals surface area contributed by atoms with Crippen molar-refractivity contribution in [2.45, 2.75) is 51.5 Å². The number of rotatable bonds is 1. The molecule has 1 heterocycles. The Labute approximate surface area is 116 Å². The number of amides is 1. The normalized spacial score (nSPS) is 35.6. The van der Waals surface area contributed by atoms with Crippen LogP contribution < -0.4 is 5.73 Å². The molecule has 2 N–H and O–H groups in total. The van der Waals surface area contributed by atoms with E-state index in [4.69, 9.17) is 5.73 Å². The molecule has 0 aromatic heterocycles. The third kappa shape index (κ3) is 1.96. The van der Waals surface area contributed by atoms with Crippen LogP contribution in [0, 0.1) is 17.3 Å². The van der Waals surface area contributed by atoms with Gasteiger partial charge < -0.3 is 10.6 Å². The first-order chi connectivity index (χ1) is 7.95. The van der Waals surface area contributed by atoms with Gasteiger partial charge in [0.05, 0.1) is 5.54 Å². The molecular formula is C14H25ClN2O. The van der Waals surface area contributed by atoms with Crippen LogP contribution in [-0.2, 0) is 4.79 Å². The summed E-state index contributed by atoms with van der Waals surface area (Å²) in [6.07, 6.45) is 5.26. The first kappa shape index (κ1) is 14.1. The number of carbonyl (C=O) groups is 1. The van der Waals surface area contributed by atoms with Gasteiger partial charge >= 0.3 is 0 Å². The number of halogens is 1. The molecule has 3 rings (SSSR count). The van der Waals surface area contributed by atoms with Crippen molar-refractivity contribution < 1.29 is 4.79 Å². The van der Waals surface area contributed by atoms with E-state index in [-0.39, 0.29) is 18.3 Å². The van der Waals surface area contributed by atoms with Gasteiger partial charge in [0, 0.05) is 13.1 Å². The van der Waals surface area contributed by atoms with Gasteiger partial charge in [-0.05, 0) is 30.1 Å². The van der Waals surface area contributed by atoms with Crippen LogP contribution in [0.25, 0.3) is 0 Å². The molecule has 0 aromatic rings. The van der Waals surface area contributed by atoms with Gasteiger partial charge in [-0.1, -0.05) is 33.1 Å². The first-order valence-corrected chi connectivity index (χ1v) is 7.03. The molecule has 0 bridgehead atoms. The summed E-state index contributed by atoms with van der Waals surface area (Å²) in [6.45, 7) is 6.55. The Bertz CT molecular complexity index is 336. The SMILES string of the molecule is CC1(C)C2CN(C(=O)C3(N)CCCCC3)CC21.Cl. The highest BCUT2D eigenvalue weighted by molar-refractivity contribution is 5.86. The summed E-state index contributed by atoms with van der Waals surface area (Å²) >= 11 is 0. The fraction of sp³-hybridized carbons (Fsp3) is 0.929. The van der Waals surface area contributed by atoms with Crippen molar-refractivity contribution in [1.29, 1.82) is 0 Å². The van der Waals surface area contributed by atoms with Crippen LogP contribution in [0.5, 0.6) is 0 Å². The molecule has 2 unspecified atom stereocenters. The smallest absolute Gasteiger partial charge is 0.242 e. The molecular weight excluding hydrogens is 248 g/mol. The largest absolute Gasteiger partial charge is 0.340 e. The minimum atomic E-state index is -0.529. The topological polar surface area (TPSA) is 46.3 Å². The van der Waals surface area contributed by atoms with Gasteiger partial charge in [0.1, 0.15) is 0 Å². The average Bonchev–Trinajstić information content (AvgIpc) is 2.70. The third-order valence-electron chi connectivity index (χ3n) is 5.58. The molecule has 3 fully saturated rings. The van der Waals surface area contributed by atoms with E-state index < -0.39 is 5.54 Å². The van der Waals surface area contributed by atoms with E-state index in [2.05, 4.69) is 13.8 Å². The van der Waals surface area contributed by atoms with Crippen molar-refractivity contribution in [3.05, 3.63) is 0 Å². The molecule has 3 aliphatic rings. The van der Waals surface area contributed by atoms with Gasteiger partial charge in [0.2, 0.25) is 5.91 Å². The molecule has 104 valence electrons. The zero-order valence-corrected chi connectivity index (χ0v) is 12.3. The first-order valence-electron chi connectivity index (χ1n) is 7.03. The van der Waals surface area contributed by atoms with Crippen molar-refractivity contribution in [1.82, 2.24) is 4.90 Å². The van der Waals surface area contributed by atoms with Crippen molar-refractivity contribution >= 4 is 18.3 Å². The molecule has 0 spiro atoms. The molecule has 18 heavy (non-hydrogen) atoms. The number of piperidine rings is 1. The maximum absolute atomic E-state index is 12.5. The summed E-state index contributed by atoms with van der Waals surface area (Å²) in [4.78, 5) is 14.5. The average molecular weight is 273 g/mol. The fourth-order valence-corrected chi connectivity index (χ4v) is 4.01. The molecule has 4 heteroatoms. The predicted molar refractivity (Wildman–Crippen MR) is 74.6 cm³/mol. The Hall–Kier alpha value is -0.280. The summed E-state index contributed by atoms with van der Waals surface area (Å²) in [5, 5.41) is 0. The van der Waals surface area contributed by atoms with Crippen LogP contribution in [0.3, 0.4) is 0 Å². The molecule has 1 amide bonds. The van der Waals surface area contributed by atoms with Gasteiger partial charge in [-0.25, -0.2) is 0 Å². The van der Waals surface area contributed by atoms with Crippen LogP contribution in [0.1, 0.15) is 46.0 Å². The van der Waals surface area contributed by atoms with Gasteiger partial charge in [0.25, 0.3) is 0 Å². The Morgan fingerprint density at radius 2 is 1.61 bits per heavy atom. The van der Waals surface area contributed by atoms with E-state index in [0.29, 0.717) is 5.41 Å². The third-order valence-corrected chi connectivity index (χ3v) is 5.58. The molecule has 2 aliphatic carbocycles. The van der Waals surface area contributed by atoms with Crippen molar-refractivity contribution in [2.75, 3.05) is 13.1 Å². The van der Waals surface area contributed by atoms with Crippen molar-refractivity contribution in [3.63, 3.8) is 0 Å². The summed E-state index contributed by atoms with van der Waals surface area (Å²) in [5.41, 5.74) is 6.27. The lowest BCUT2D eigenvalue weighted by Gasteiger charge is -2.36. The highest BCUT2D eigenvalue weighted by atomic mass is 35.5. The Kier molecular flexibility index (Phi) is 3.44. The molecule has 3 nitrogen and oxygen atoms in total. The summed E-state index contributed by atoms with van der Waals surface area (Å²) in [6, 6.07) is 0. The standard InChI is InChI=1S/C14H24N2O.ClH/c1-13(2)10-8-16(9-11(10)13)12(17)14(15)6-4-3-5-7-14;/h10-11H,3-9,15H2,1-2H3;1H. The molecule has 0 aromatic carbocycles. The number of hydrogen-bond acceptors (Lipinski definition) is 2. The van der Waals surface area contributed by atoms with E-state index >= 15 is 0 Å². The fourth-order valence-electron chi connectivity index (χ4n) is 4.01. The van der Waals surface area contributed by atoms with Crippen molar-refractivity contribution in [3.8, 4) is 0 Å². The molecule has 1 saturated heterocycles. The number of likely N-dealkylation sites (tertiary alicyclic amines) is 1. The Morgan fingerprint density at radius 1 is 1.11 bits per heavy atom. The lowest BCUT2D eigenvalue weighted by atomic mass is 9.81. The maximum Gasteiger partial charge on any atom is 0.242 e. The van der Waals surface area contributed by atoms with Crippen LogP contribution in [-0.4, -0.2) is 29.4 Å². The van der Waals surface area contributed by atoms with Crippen LogP contribution in [0.2, 0.25) is 0 Å². The van der Waals surface area contributed by atoms with E-state index in [1.54, 1.807) is 0 Å². The highest BCUT2D eigenvalue weighted by Crippen LogP contribution is 2.62. The molecule has 0 radical (unpaired) electrons. The summed E-state index contributed by atoms with van der Waals surface area (Å²) in [5.74, 6) is 1.71. The van der Waals surface area contributed by atoms with E-state index in [1.165, 1.54) is 6.42 Å². The zero-order chi connectivity index (χ0) is 12.3. The van der Waals surface area contributed by atoms with Gasteiger partial charge in [0.15, 0.2) is 0 Å². The van der Waals surface area contributed by atoms with Gasteiger partial charge in [-0.2, -0.15) is 0 Å². The van der Waals surface area contributed by atoms with Gasteiger partial charge in [-0.3, -0.25) is 4.79 Å². The number of hydrogen-bond donors (Lipinski definition) is 1. The Morgan fingerprint density at radius 3 is 2.11 bits per heavy atom.